The third-order valence-corrected chi connectivity index (χ3v) is 11.1. The molecule has 0 amide bonds. The van der Waals surface area contributed by atoms with Crippen LogP contribution in [0.4, 0.5) is 17.1 Å². The van der Waals surface area contributed by atoms with E-state index in [1.54, 1.807) is 0 Å². The molecule has 0 saturated heterocycles. The zero-order valence-corrected chi connectivity index (χ0v) is 31.5. The highest BCUT2D eigenvalue weighted by molar-refractivity contribution is 6.21. The molecule has 268 valence electrons. The molecule has 10 rings (SSSR count). The van der Waals surface area contributed by atoms with Crippen molar-refractivity contribution in [1.82, 2.24) is 0 Å². The monoisotopic (exact) mass is 725 g/mol. The Balaban J connectivity index is 1.16. The lowest BCUT2D eigenvalue weighted by atomic mass is 9.85. The van der Waals surface area contributed by atoms with Crippen LogP contribution in [0.2, 0.25) is 0 Å². The van der Waals surface area contributed by atoms with Gasteiger partial charge < -0.3 is 4.90 Å². The van der Waals surface area contributed by atoms with Crippen LogP contribution in [0.5, 0.6) is 0 Å². The summed E-state index contributed by atoms with van der Waals surface area (Å²) in [5, 5.41) is 5.04. The largest absolute Gasteiger partial charge is 0.310 e. The standard InChI is InChI=1S/C56H39N/c1-5-17-40(18-6-1)41-29-33-46(34-30-41)57(48-37-38-49(42-19-7-2-8-20-42)54(39-48)43-21-9-3-10-22-43)47-35-31-45(32-36-47)56-53-28-16-14-26-51(53)50-25-13-15-27-52(50)55(56)44-23-11-4-12-24-44/h1-39H. The second kappa shape index (κ2) is 15.0. The van der Waals surface area contributed by atoms with E-state index in [0.717, 1.165) is 17.1 Å². The second-order valence-electron chi connectivity index (χ2n) is 14.5. The van der Waals surface area contributed by atoms with Gasteiger partial charge in [-0.05, 0) is 114 Å². The van der Waals surface area contributed by atoms with Crippen LogP contribution in [0, 0.1) is 0 Å². The SMILES string of the molecule is c1ccc(-c2ccc(N(c3ccc(-c4c(-c5ccccc5)c5ccccc5c5ccccc45)cc3)c3ccc(-c4ccccc4)c(-c4ccccc4)c3)cc2)cc1. The lowest BCUT2D eigenvalue weighted by Crippen LogP contribution is -2.10. The van der Waals surface area contributed by atoms with Crippen LogP contribution in [-0.4, -0.2) is 0 Å². The Morgan fingerprint density at radius 2 is 0.544 bits per heavy atom. The van der Waals surface area contributed by atoms with Gasteiger partial charge in [0.1, 0.15) is 0 Å². The third kappa shape index (κ3) is 6.46. The number of anilines is 3. The highest BCUT2D eigenvalue weighted by atomic mass is 15.1. The van der Waals surface area contributed by atoms with E-state index in [2.05, 4.69) is 241 Å². The molecule has 10 aromatic rings. The van der Waals surface area contributed by atoms with Crippen molar-refractivity contribution in [3.63, 3.8) is 0 Å². The van der Waals surface area contributed by atoms with Crippen molar-refractivity contribution in [3.8, 4) is 55.6 Å². The van der Waals surface area contributed by atoms with Gasteiger partial charge >= 0.3 is 0 Å². The molecule has 1 nitrogen and oxygen atoms in total. The summed E-state index contributed by atoms with van der Waals surface area (Å²) < 4.78 is 0. The van der Waals surface area contributed by atoms with Gasteiger partial charge in [-0.2, -0.15) is 0 Å². The van der Waals surface area contributed by atoms with Gasteiger partial charge in [-0.1, -0.05) is 200 Å². The zero-order valence-electron chi connectivity index (χ0n) is 31.5. The van der Waals surface area contributed by atoms with Crippen LogP contribution in [-0.2, 0) is 0 Å². The number of hydrogen-bond donors (Lipinski definition) is 0. The van der Waals surface area contributed by atoms with Gasteiger partial charge in [0.25, 0.3) is 0 Å². The van der Waals surface area contributed by atoms with E-state index in [-0.39, 0.29) is 0 Å². The van der Waals surface area contributed by atoms with Crippen LogP contribution >= 0.6 is 0 Å². The first kappa shape index (κ1) is 34.0. The summed E-state index contributed by atoms with van der Waals surface area (Å²) in [5.41, 5.74) is 15.4. The predicted molar refractivity (Wildman–Crippen MR) is 243 cm³/mol. The lowest BCUT2D eigenvalue weighted by Gasteiger charge is -2.27. The van der Waals surface area contributed by atoms with Gasteiger partial charge in [0, 0.05) is 17.1 Å². The van der Waals surface area contributed by atoms with Crippen LogP contribution in [0.3, 0.4) is 0 Å². The fraction of sp³-hybridized carbons (Fsp3) is 0. The minimum Gasteiger partial charge on any atom is -0.310 e. The minimum absolute atomic E-state index is 1.09. The van der Waals surface area contributed by atoms with Gasteiger partial charge in [0.05, 0.1) is 0 Å². The molecule has 0 aromatic heterocycles. The number of nitrogens with zero attached hydrogens (tertiary/aromatic N) is 1. The summed E-state index contributed by atoms with van der Waals surface area (Å²) in [6, 6.07) is 85.6. The van der Waals surface area contributed by atoms with Gasteiger partial charge in [-0.25, -0.2) is 0 Å². The van der Waals surface area contributed by atoms with Crippen LogP contribution in [0.1, 0.15) is 0 Å². The van der Waals surface area contributed by atoms with Crippen molar-refractivity contribution in [2.75, 3.05) is 4.90 Å². The molecule has 0 radical (unpaired) electrons. The number of benzene rings is 10. The lowest BCUT2D eigenvalue weighted by molar-refractivity contribution is 1.28. The van der Waals surface area contributed by atoms with Crippen molar-refractivity contribution in [1.29, 1.82) is 0 Å². The summed E-state index contributed by atoms with van der Waals surface area (Å²) in [6.45, 7) is 0. The van der Waals surface area contributed by atoms with E-state index in [9.17, 15) is 0 Å². The quantitative estimate of drug-likeness (QED) is 0.141. The Kier molecular flexibility index (Phi) is 8.95. The summed E-state index contributed by atoms with van der Waals surface area (Å²) >= 11 is 0. The molecule has 0 aliphatic heterocycles. The Morgan fingerprint density at radius 3 is 1.04 bits per heavy atom. The fourth-order valence-corrected chi connectivity index (χ4v) is 8.40. The number of hydrogen-bond acceptors (Lipinski definition) is 1. The Labute approximate surface area is 334 Å². The first-order valence-electron chi connectivity index (χ1n) is 19.6. The van der Waals surface area contributed by atoms with Crippen LogP contribution in [0.15, 0.2) is 237 Å². The van der Waals surface area contributed by atoms with E-state index in [1.807, 2.05) is 0 Å². The van der Waals surface area contributed by atoms with E-state index in [4.69, 9.17) is 0 Å². The summed E-state index contributed by atoms with van der Waals surface area (Å²) in [4.78, 5) is 2.39. The van der Waals surface area contributed by atoms with Gasteiger partial charge in [0.2, 0.25) is 0 Å². The Hall–Kier alpha value is -7.48. The second-order valence-corrected chi connectivity index (χ2v) is 14.5. The summed E-state index contributed by atoms with van der Waals surface area (Å²) in [6.07, 6.45) is 0. The first-order chi connectivity index (χ1) is 28.3. The third-order valence-electron chi connectivity index (χ3n) is 11.1. The maximum absolute atomic E-state index is 2.39. The molecule has 0 fully saturated rings. The molecule has 0 bridgehead atoms. The summed E-state index contributed by atoms with van der Waals surface area (Å²) in [7, 11) is 0. The molecule has 0 heterocycles. The number of fused-ring (bicyclic) bond motifs is 3. The molecule has 0 aliphatic carbocycles. The van der Waals surface area contributed by atoms with Crippen molar-refractivity contribution >= 4 is 38.6 Å². The molecule has 1 heteroatoms. The van der Waals surface area contributed by atoms with E-state index >= 15 is 0 Å². The predicted octanol–water partition coefficient (Wildman–Crippen LogP) is 15.8. The smallest absolute Gasteiger partial charge is 0.0468 e. The van der Waals surface area contributed by atoms with E-state index in [1.165, 1.54) is 77.2 Å². The molecule has 0 spiro atoms. The van der Waals surface area contributed by atoms with Crippen LogP contribution < -0.4 is 4.90 Å². The number of rotatable bonds is 8. The van der Waals surface area contributed by atoms with Gasteiger partial charge in [-0.3, -0.25) is 0 Å². The van der Waals surface area contributed by atoms with Gasteiger partial charge in [-0.15, -0.1) is 0 Å². The van der Waals surface area contributed by atoms with Crippen LogP contribution in [0.25, 0.3) is 77.2 Å². The maximum Gasteiger partial charge on any atom is 0.0468 e. The molecule has 10 aromatic carbocycles. The maximum atomic E-state index is 2.39. The molecule has 57 heavy (non-hydrogen) atoms. The van der Waals surface area contributed by atoms with Crippen molar-refractivity contribution in [2.24, 2.45) is 0 Å². The van der Waals surface area contributed by atoms with Crippen molar-refractivity contribution in [2.45, 2.75) is 0 Å². The molecular weight excluding hydrogens is 687 g/mol. The molecular formula is C56H39N. The fourth-order valence-electron chi connectivity index (χ4n) is 8.40. The average Bonchev–Trinajstić information content (AvgIpc) is 3.30. The van der Waals surface area contributed by atoms with E-state index < -0.39 is 0 Å². The highest BCUT2D eigenvalue weighted by Crippen LogP contribution is 2.46. The summed E-state index contributed by atoms with van der Waals surface area (Å²) in [5.74, 6) is 0. The van der Waals surface area contributed by atoms with E-state index in [0.29, 0.717) is 0 Å². The molecule has 0 N–H and O–H groups in total. The topological polar surface area (TPSA) is 3.24 Å². The zero-order chi connectivity index (χ0) is 38.0. The minimum atomic E-state index is 1.09. The first-order valence-corrected chi connectivity index (χ1v) is 19.6. The average molecular weight is 726 g/mol. The normalized spacial score (nSPS) is 11.2. The highest BCUT2D eigenvalue weighted by Gasteiger charge is 2.20. The Morgan fingerprint density at radius 1 is 0.211 bits per heavy atom. The molecule has 0 aliphatic rings. The molecule has 0 unspecified atom stereocenters. The van der Waals surface area contributed by atoms with Gasteiger partial charge in [0.15, 0.2) is 0 Å². The van der Waals surface area contributed by atoms with Crippen molar-refractivity contribution < 1.29 is 0 Å². The molecule has 0 saturated carbocycles. The Bertz CT molecular complexity index is 2950. The van der Waals surface area contributed by atoms with Crippen molar-refractivity contribution in [3.05, 3.63) is 237 Å². The molecule has 0 atom stereocenters.